The number of amides is 2. The van der Waals surface area contributed by atoms with Gasteiger partial charge in [-0.1, -0.05) is 36.4 Å². The summed E-state index contributed by atoms with van der Waals surface area (Å²) in [4.78, 5) is 20.8. The quantitative estimate of drug-likeness (QED) is 0.917. The number of hydrogen-bond donors (Lipinski definition) is 1. The van der Waals surface area contributed by atoms with Gasteiger partial charge in [0.2, 0.25) is 0 Å². The van der Waals surface area contributed by atoms with Crippen LogP contribution in [0.4, 0.5) is 4.79 Å². The van der Waals surface area contributed by atoms with Gasteiger partial charge in [-0.15, -0.1) is 0 Å². The van der Waals surface area contributed by atoms with E-state index in [1.165, 1.54) is 5.56 Å². The van der Waals surface area contributed by atoms with Crippen LogP contribution in [-0.4, -0.2) is 53.5 Å². The number of hydrogen-bond acceptors (Lipinski definition) is 3. The van der Waals surface area contributed by atoms with Crippen molar-refractivity contribution in [2.75, 3.05) is 32.7 Å². The van der Waals surface area contributed by atoms with Gasteiger partial charge in [-0.3, -0.25) is 9.88 Å². The van der Waals surface area contributed by atoms with Crippen LogP contribution < -0.4 is 5.32 Å². The van der Waals surface area contributed by atoms with Gasteiger partial charge < -0.3 is 10.2 Å². The van der Waals surface area contributed by atoms with Gasteiger partial charge in [-0.05, 0) is 24.1 Å². The molecule has 0 saturated carbocycles. The maximum absolute atomic E-state index is 12.2. The number of pyridine rings is 1. The van der Waals surface area contributed by atoms with Gasteiger partial charge in [0, 0.05) is 38.9 Å². The van der Waals surface area contributed by atoms with Gasteiger partial charge in [-0.2, -0.15) is 0 Å². The summed E-state index contributed by atoms with van der Waals surface area (Å²) in [6, 6.07) is 16.3. The normalized spacial score (nSPS) is 15.2. The second-order valence-corrected chi connectivity index (χ2v) is 6.04. The predicted molar refractivity (Wildman–Crippen MR) is 94.6 cm³/mol. The van der Waals surface area contributed by atoms with Crippen LogP contribution in [0.15, 0.2) is 54.7 Å². The van der Waals surface area contributed by atoms with Crippen LogP contribution in [0.1, 0.15) is 11.3 Å². The minimum atomic E-state index is 0.00311. The maximum atomic E-state index is 12.2. The van der Waals surface area contributed by atoms with E-state index < -0.39 is 0 Å². The second kappa shape index (κ2) is 8.45. The molecule has 1 N–H and O–H groups in total. The summed E-state index contributed by atoms with van der Waals surface area (Å²) >= 11 is 0. The molecule has 5 heteroatoms. The first-order valence-electron chi connectivity index (χ1n) is 8.50. The molecule has 2 amide bonds. The lowest BCUT2D eigenvalue weighted by atomic mass is 10.1. The van der Waals surface area contributed by atoms with Crippen LogP contribution in [0, 0.1) is 0 Å². The van der Waals surface area contributed by atoms with Gasteiger partial charge >= 0.3 is 6.03 Å². The Hall–Kier alpha value is -2.40. The smallest absolute Gasteiger partial charge is 0.317 e. The average Bonchev–Trinajstić information content (AvgIpc) is 2.66. The summed E-state index contributed by atoms with van der Waals surface area (Å²) < 4.78 is 0. The monoisotopic (exact) mass is 324 g/mol. The molecule has 0 spiro atoms. The topological polar surface area (TPSA) is 48.5 Å². The van der Waals surface area contributed by atoms with Crippen molar-refractivity contribution >= 4 is 6.03 Å². The van der Waals surface area contributed by atoms with E-state index in [4.69, 9.17) is 0 Å². The van der Waals surface area contributed by atoms with Crippen LogP contribution in [0.25, 0.3) is 0 Å². The van der Waals surface area contributed by atoms with Crippen molar-refractivity contribution in [3.8, 4) is 0 Å². The highest BCUT2D eigenvalue weighted by molar-refractivity contribution is 5.74. The van der Waals surface area contributed by atoms with E-state index in [1.54, 1.807) is 6.20 Å². The SMILES string of the molecule is O=C(NCc1ccccn1)N1CCN(CCc2ccccc2)CC1. The molecular formula is C19H24N4O. The van der Waals surface area contributed by atoms with Crippen molar-refractivity contribution in [1.29, 1.82) is 0 Å². The first kappa shape index (κ1) is 16.5. The summed E-state index contributed by atoms with van der Waals surface area (Å²) in [6.07, 6.45) is 2.81. The summed E-state index contributed by atoms with van der Waals surface area (Å²) in [5.74, 6) is 0. The first-order valence-corrected chi connectivity index (χ1v) is 8.50. The molecule has 0 bridgehead atoms. The Bertz CT molecular complexity index is 624. The largest absolute Gasteiger partial charge is 0.332 e. The number of carbonyl (C=O) groups excluding carboxylic acids is 1. The predicted octanol–water partition coefficient (Wildman–Crippen LogP) is 2.15. The first-order chi connectivity index (χ1) is 11.8. The van der Waals surface area contributed by atoms with Gasteiger partial charge in [-0.25, -0.2) is 4.79 Å². The highest BCUT2D eigenvalue weighted by Gasteiger charge is 2.20. The fourth-order valence-corrected chi connectivity index (χ4v) is 2.89. The summed E-state index contributed by atoms with van der Waals surface area (Å²) in [5.41, 5.74) is 2.25. The fraction of sp³-hybridized carbons (Fsp3) is 0.368. The average molecular weight is 324 g/mol. The highest BCUT2D eigenvalue weighted by atomic mass is 16.2. The molecule has 1 aliphatic heterocycles. The Labute approximate surface area is 143 Å². The van der Waals surface area contributed by atoms with E-state index >= 15 is 0 Å². The number of urea groups is 1. The number of benzene rings is 1. The molecule has 126 valence electrons. The molecule has 0 unspecified atom stereocenters. The zero-order valence-corrected chi connectivity index (χ0v) is 13.9. The molecule has 0 atom stereocenters. The fourth-order valence-electron chi connectivity index (χ4n) is 2.89. The third kappa shape index (κ3) is 4.80. The molecule has 24 heavy (non-hydrogen) atoms. The zero-order chi connectivity index (χ0) is 16.6. The van der Waals surface area contributed by atoms with Gasteiger partial charge in [0.05, 0.1) is 12.2 Å². The number of piperazine rings is 1. The Morgan fingerprint density at radius 1 is 1.00 bits per heavy atom. The minimum Gasteiger partial charge on any atom is -0.332 e. The van der Waals surface area contributed by atoms with E-state index in [2.05, 4.69) is 39.5 Å². The van der Waals surface area contributed by atoms with E-state index in [0.29, 0.717) is 6.54 Å². The Morgan fingerprint density at radius 3 is 2.46 bits per heavy atom. The molecule has 0 radical (unpaired) electrons. The minimum absolute atomic E-state index is 0.00311. The highest BCUT2D eigenvalue weighted by Crippen LogP contribution is 2.06. The standard InChI is InChI=1S/C19H24N4O/c24-19(21-16-18-8-4-5-10-20-18)23-14-12-22(13-15-23)11-9-17-6-2-1-3-7-17/h1-8,10H,9,11-16H2,(H,21,24). The Kier molecular flexibility index (Phi) is 5.80. The zero-order valence-electron chi connectivity index (χ0n) is 13.9. The summed E-state index contributed by atoms with van der Waals surface area (Å²) in [6.45, 7) is 4.96. The Balaban J connectivity index is 1.37. The van der Waals surface area contributed by atoms with Crippen molar-refractivity contribution in [3.05, 3.63) is 66.0 Å². The van der Waals surface area contributed by atoms with Crippen molar-refractivity contribution in [2.24, 2.45) is 0 Å². The van der Waals surface area contributed by atoms with Crippen LogP contribution in [0.3, 0.4) is 0 Å². The molecule has 1 saturated heterocycles. The molecule has 1 aromatic heterocycles. The number of carbonyl (C=O) groups is 1. The van der Waals surface area contributed by atoms with Gasteiger partial charge in [0.15, 0.2) is 0 Å². The molecule has 1 aromatic carbocycles. The van der Waals surface area contributed by atoms with Crippen molar-refractivity contribution in [3.63, 3.8) is 0 Å². The van der Waals surface area contributed by atoms with E-state index in [1.807, 2.05) is 29.2 Å². The van der Waals surface area contributed by atoms with E-state index in [0.717, 1.165) is 44.8 Å². The van der Waals surface area contributed by atoms with Crippen LogP contribution in [0.5, 0.6) is 0 Å². The molecule has 2 aromatic rings. The molecule has 1 aliphatic rings. The van der Waals surface area contributed by atoms with Gasteiger partial charge in [0.25, 0.3) is 0 Å². The van der Waals surface area contributed by atoms with Crippen molar-refractivity contribution < 1.29 is 4.79 Å². The van der Waals surface area contributed by atoms with E-state index in [-0.39, 0.29) is 6.03 Å². The molecule has 3 rings (SSSR count). The van der Waals surface area contributed by atoms with Crippen LogP contribution in [-0.2, 0) is 13.0 Å². The molecule has 0 aliphatic carbocycles. The maximum Gasteiger partial charge on any atom is 0.317 e. The molecule has 2 heterocycles. The number of nitrogens with one attached hydrogen (secondary N) is 1. The van der Waals surface area contributed by atoms with Crippen molar-refractivity contribution in [1.82, 2.24) is 20.1 Å². The third-order valence-corrected chi connectivity index (χ3v) is 4.37. The van der Waals surface area contributed by atoms with E-state index in [9.17, 15) is 4.79 Å². The molecule has 1 fully saturated rings. The van der Waals surface area contributed by atoms with Gasteiger partial charge in [0.1, 0.15) is 0 Å². The molecule has 5 nitrogen and oxygen atoms in total. The lowest BCUT2D eigenvalue weighted by Crippen LogP contribution is -2.51. The van der Waals surface area contributed by atoms with Crippen molar-refractivity contribution in [2.45, 2.75) is 13.0 Å². The van der Waals surface area contributed by atoms with Crippen LogP contribution >= 0.6 is 0 Å². The number of rotatable bonds is 5. The number of aromatic nitrogens is 1. The molecular weight excluding hydrogens is 300 g/mol. The summed E-state index contributed by atoms with van der Waals surface area (Å²) in [7, 11) is 0. The number of nitrogens with zero attached hydrogens (tertiary/aromatic N) is 3. The third-order valence-electron chi connectivity index (χ3n) is 4.37. The lowest BCUT2D eigenvalue weighted by molar-refractivity contribution is 0.140. The summed E-state index contributed by atoms with van der Waals surface area (Å²) in [5, 5.41) is 2.95. The second-order valence-electron chi connectivity index (χ2n) is 6.04. The lowest BCUT2D eigenvalue weighted by Gasteiger charge is -2.34. The van der Waals surface area contributed by atoms with Crippen LogP contribution in [0.2, 0.25) is 0 Å². The Morgan fingerprint density at radius 2 is 1.75 bits per heavy atom.